The van der Waals surface area contributed by atoms with Crippen LogP contribution in [0.1, 0.15) is 40.0 Å². The Morgan fingerprint density at radius 2 is 1.47 bits per heavy atom. The fourth-order valence-corrected chi connectivity index (χ4v) is 2.26. The van der Waals surface area contributed by atoms with Crippen LogP contribution in [0.2, 0.25) is 0 Å². The van der Waals surface area contributed by atoms with E-state index in [0.29, 0.717) is 11.8 Å². The lowest BCUT2D eigenvalue weighted by atomic mass is 9.84. The lowest BCUT2D eigenvalue weighted by molar-refractivity contribution is 0.0557. The number of hydrogen-bond donors (Lipinski definition) is 0. The molecule has 2 atom stereocenters. The molecule has 2 unspecified atom stereocenters. The molecule has 0 aromatic rings. The average molecular weight is 216 g/mol. The molecule has 0 aliphatic rings. The van der Waals surface area contributed by atoms with E-state index in [2.05, 4.69) is 20.8 Å². The van der Waals surface area contributed by atoms with Crippen molar-refractivity contribution in [1.82, 2.24) is 0 Å². The topological polar surface area (TPSA) is 18.5 Å². The minimum atomic E-state index is 0.648. The molecule has 15 heavy (non-hydrogen) atoms. The second-order valence-electron chi connectivity index (χ2n) is 4.85. The van der Waals surface area contributed by atoms with Crippen LogP contribution in [0.25, 0.3) is 0 Å². The summed E-state index contributed by atoms with van der Waals surface area (Å²) in [7, 11) is 3.59. The smallest absolute Gasteiger partial charge is 0.0494 e. The molecule has 2 nitrogen and oxygen atoms in total. The Morgan fingerprint density at radius 1 is 0.933 bits per heavy atom. The summed E-state index contributed by atoms with van der Waals surface area (Å²) in [4.78, 5) is 0. The molecular weight excluding hydrogens is 188 g/mol. The Labute approximate surface area is 95.3 Å². The van der Waals surface area contributed by atoms with Gasteiger partial charge in [-0.2, -0.15) is 0 Å². The average Bonchev–Trinajstić information content (AvgIpc) is 2.16. The van der Waals surface area contributed by atoms with Gasteiger partial charge in [0, 0.05) is 27.4 Å². The summed E-state index contributed by atoms with van der Waals surface area (Å²) in [5.41, 5.74) is 0. The molecule has 0 aliphatic carbocycles. The van der Waals surface area contributed by atoms with Gasteiger partial charge in [-0.05, 0) is 30.6 Å². The third-order valence-electron chi connectivity index (χ3n) is 2.86. The van der Waals surface area contributed by atoms with E-state index in [0.717, 1.165) is 19.1 Å². The van der Waals surface area contributed by atoms with Crippen molar-refractivity contribution in [2.24, 2.45) is 17.8 Å². The predicted molar refractivity (Wildman–Crippen MR) is 65.1 cm³/mol. The van der Waals surface area contributed by atoms with Crippen molar-refractivity contribution in [2.45, 2.75) is 40.0 Å². The van der Waals surface area contributed by atoms with Crippen molar-refractivity contribution in [3.05, 3.63) is 0 Å². The quantitative estimate of drug-likeness (QED) is 0.588. The summed E-state index contributed by atoms with van der Waals surface area (Å²) < 4.78 is 10.6. The van der Waals surface area contributed by atoms with Gasteiger partial charge in [0.15, 0.2) is 0 Å². The molecule has 0 aromatic carbocycles. The second kappa shape index (κ2) is 9.17. The van der Waals surface area contributed by atoms with Crippen molar-refractivity contribution < 1.29 is 9.47 Å². The maximum Gasteiger partial charge on any atom is 0.0494 e. The predicted octanol–water partition coefficient (Wildman–Crippen LogP) is 3.36. The molecule has 0 N–H and O–H groups in total. The molecule has 0 heterocycles. The number of ether oxygens (including phenoxy) is 2. The monoisotopic (exact) mass is 216 g/mol. The third kappa shape index (κ3) is 6.91. The van der Waals surface area contributed by atoms with Crippen LogP contribution in [0.5, 0.6) is 0 Å². The zero-order chi connectivity index (χ0) is 11.7. The second-order valence-corrected chi connectivity index (χ2v) is 4.85. The molecule has 0 radical (unpaired) electrons. The number of hydrogen-bond acceptors (Lipinski definition) is 2. The standard InChI is InChI=1S/C13H28O2/c1-6-7-12(9-14-4)13(10-15-5)8-11(2)3/h11-13H,6-10H2,1-5H3. The lowest BCUT2D eigenvalue weighted by Crippen LogP contribution is -2.25. The van der Waals surface area contributed by atoms with Gasteiger partial charge in [0.2, 0.25) is 0 Å². The highest BCUT2D eigenvalue weighted by atomic mass is 16.5. The first-order valence-corrected chi connectivity index (χ1v) is 6.13. The van der Waals surface area contributed by atoms with Gasteiger partial charge in [0.1, 0.15) is 0 Å². The minimum Gasteiger partial charge on any atom is -0.384 e. The van der Waals surface area contributed by atoms with Crippen LogP contribution in [0.15, 0.2) is 0 Å². The highest BCUT2D eigenvalue weighted by molar-refractivity contribution is 4.71. The van der Waals surface area contributed by atoms with Crippen molar-refractivity contribution in [1.29, 1.82) is 0 Å². The Kier molecular flexibility index (Phi) is 9.12. The van der Waals surface area contributed by atoms with Gasteiger partial charge < -0.3 is 9.47 Å². The van der Waals surface area contributed by atoms with E-state index in [-0.39, 0.29) is 0 Å². The van der Waals surface area contributed by atoms with Crippen molar-refractivity contribution in [3.63, 3.8) is 0 Å². The van der Waals surface area contributed by atoms with Crippen LogP contribution in [-0.2, 0) is 9.47 Å². The number of methoxy groups -OCH3 is 2. The van der Waals surface area contributed by atoms with Gasteiger partial charge in [0.25, 0.3) is 0 Å². The van der Waals surface area contributed by atoms with E-state index in [1.54, 1.807) is 14.2 Å². The Morgan fingerprint density at radius 3 is 1.87 bits per heavy atom. The summed E-state index contributed by atoms with van der Waals surface area (Å²) in [6, 6.07) is 0. The van der Waals surface area contributed by atoms with Crippen LogP contribution in [0.4, 0.5) is 0 Å². The zero-order valence-electron chi connectivity index (χ0n) is 11.1. The molecule has 0 bridgehead atoms. The summed E-state index contributed by atoms with van der Waals surface area (Å²) >= 11 is 0. The van der Waals surface area contributed by atoms with E-state index in [9.17, 15) is 0 Å². The van der Waals surface area contributed by atoms with E-state index in [4.69, 9.17) is 9.47 Å². The molecule has 0 saturated heterocycles. The summed E-state index contributed by atoms with van der Waals surface area (Å²) in [5, 5.41) is 0. The maximum absolute atomic E-state index is 5.32. The third-order valence-corrected chi connectivity index (χ3v) is 2.86. The van der Waals surface area contributed by atoms with Crippen LogP contribution < -0.4 is 0 Å². The molecule has 0 amide bonds. The van der Waals surface area contributed by atoms with Crippen molar-refractivity contribution in [2.75, 3.05) is 27.4 Å². The van der Waals surface area contributed by atoms with Gasteiger partial charge in [-0.3, -0.25) is 0 Å². The highest BCUT2D eigenvalue weighted by Crippen LogP contribution is 2.25. The normalized spacial score (nSPS) is 15.6. The van der Waals surface area contributed by atoms with Gasteiger partial charge in [0.05, 0.1) is 0 Å². The van der Waals surface area contributed by atoms with Crippen molar-refractivity contribution >= 4 is 0 Å². The first-order chi connectivity index (χ1) is 7.15. The fourth-order valence-electron chi connectivity index (χ4n) is 2.26. The summed E-state index contributed by atoms with van der Waals surface area (Å²) in [5.74, 6) is 2.04. The lowest BCUT2D eigenvalue weighted by Gasteiger charge is -2.27. The molecule has 0 aromatic heterocycles. The van der Waals surface area contributed by atoms with Crippen LogP contribution in [0, 0.1) is 17.8 Å². The molecule has 0 saturated carbocycles. The fraction of sp³-hybridized carbons (Fsp3) is 1.00. The Hall–Kier alpha value is -0.0800. The Balaban J connectivity index is 4.22. The summed E-state index contributed by atoms with van der Waals surface area (Å²) in [6.45, 7) is 8.53. The molecule has 0 aliphatic heterocycles. The van der Waals surface area contributed by atoms with Gasteiger partial charge in [-0.1, -0.05) is 27.2 Å². The van der Waals surface area contributed by atoms with E-state index in [1.165, 1.54) is 19.3 Å². The van der Waals surface area contributed by atoms with Gasteiger partial charge >= 0.3 is 0 Å². The van der Waals surface area contributed by atoms with Crippen LogP contribution in [-0.4, -0.2) is 27.4 Å². The molecule has 0 fully saturated rings. The highest BCUT2D eigenvalue weighted by Gasteiger charge is 2.21. The Bertz CT molecular complexity index is 128. The minimum absolute atomic E-state index is 0.648. The molecular formula is C13H28O2. The van der Waals surface area contributed by atoms with Crippen LogP contribution >= 0.6 is 0 Å². The van der Waals surface area contributed by atoms with Crippen molar-refractivity contribution in [3.8, 4) is 0 Å². The first-order valence-electron chi connectivity index (χ1n) is 6.13. The zero-order valence-corrected chi connectivity index (χ0v) is 11.1. The molecule has 0 spiro atoms. The molecule has 92 valence electrons. The van der Waals surface area contributed by atoms with E-state index >= 15 is 0 Å². The molecule has 0 rings (SSSR count). The maximum atomic E-state index is 5.32. The van der Waals surface area contributed by atoms with E-state index < -0.39 is 0 Å². The van der Waals surface area contributed by atoms with Gasteiger partial charge in [-0.15, -0.1) is 0 Å². The van der Waals surface area contributed by atoms with Crippen LogP contribution in [0.3, 0.4) is 0 Å². The van der Waals surface area contributed by atoms with Gasteiger partial charge in [-0.25, -0.2) is 0 Å². The first kappa shape index (κ1) is 14.9. The SMILES string of the molecule is CCCC(COC)C(COC)CC(C)C. The number of rotatable bonds is 9. The summed E-state index contributed by atoms with van der Waals surface area (Å²) in [6.07, 6.45) is 3.71. The van der Waals surface area contributed by atoms with E-state index in [1.807, 2.05) is 0 Å². The molecule has 2 heteroatoms. The largest absolute Gasteiger partial charge is 0.384 e.